The molecule has 0 amide bonds. The number of rotatable bonds is 0. The quantitative estimate of drug-likeness (QED) is 0.459. The van der Waals surface area contributed by atoms with E-state index in [4.69, 9.17) is 0 Å². The second-order valence-corrected chi connectivity index (χ2v) is 0. The summed E-state index contributed by atoms with van der Waals surface area (Å²) in [7, 11) is 0. The molecule has 0 heterocycles. The van der Waals surface area contributed by atoms with Crippen molar-refractivity contribution in [2.75, 3.05) is 0 Å². The molecule has 0 spiro atoms. The molecule has 0 aliphatic heterocycles. The molecule has 0 aliphatic rings. The van der Waals surface area contributed by atoms with E-state index in [1.54, 1.807) is 0 Å². The van der Waals surface area contributed by atoms with Crippen LogP contribution in [0.25, 0.3) is 0 Å². The van der Waals surface area contributed by atoms with Gasteiger partial charge in [-0.25, -0.2) is 0 Å². The van der Waals surface area contributed by atoms with Gasteiger partial charge in [-0.2, -0.15) is 0 Å². The first-order valence-electron chi connectivity index (χ1n) is 0. The summed E-state index contributed by atoms with van der Waals surface area (Å²) in [6.07, 6.45) is 0. The van der Waals surface area contributed by atoms with Crippen molar-refractivity contribution in [2.24, 2.45) is 0 Å². The van der Waals surface area contributed by atoms with Gasteiger partial charge >= 0.3 is 39.0 Å². The van der Waals surface area contributed by atoms with Crippen molar-refractivity contribution in [3.8, 4) is 0 Å². The zero-order chi connectivity index (χ0) is 0. The van der Waals surface area contributed by atoms with Gasteiger partial charge in [-0.1, -0.05) is 0 Å². The van der Waals surface area contributed by atoms with Crippen LogP contribution in [0.5, 0.6) is 0 Å². The summed E-state index contributed by atoms with van der Waals surface area (Å²) < 4.78 is 0. The summed E-state index contributed by atoms with van der Waals surface area (Å²) >= 11 is 0. The van der Waals surface area contributed by atoms with Crippen molar-refractivity contribution >= 4 is 39.6 Å². The molecule has 0 saturated heterocycles. The molecule has 56 valence electrons. The SMILES string of the molecule is [O-2].[O-2].[O-2].[P].[P].[P].[P].[Rh+3].[Rh+3]. The molecule has 0 bridgehead atoms. The minimum absolute atomic E-state index is 0. The Labute approximate surface area is 94.6 Å². The Hall–Kier alpha value is 2.85. The van der Waals surface area contributed by atoms with Gasteiger partial charge in [0.25, 0.3) is 0 Å². The summed E-state index contributed by atoms with van der Waals surface area (Å²) in [6.45, 7) is 0. The largest absolute Gasteiger partial charge is 3.00 e. The average molecular weight is 378 g/mol. The molecule has 0 saturated carbocycles. The summed E-state index contributed by atoms with van der Waals surface area (Å²) in [6, 6.07) is 0. The van der Waals surface area contributed by atoms with Gasteiger partial charge in [0.05, 0.1) is 0 Å². The van der Waals surface area contributed by atoms with Crippen LogP contribution in [-0.2, 0) is 55.4 Å². The monoisotopic (exact) mass is 378 g/mol. The molecule has 0 rings (SSSR count). The fraction of sp³-hybridized carbons (Fsp3) is 0. The van der Waals surface area contributed by atoms with Crippen molar-refractivity contribution in [2.45, 2.75) is 0 Å². The molecular formula is O3P4Rh2. The van der Waals surface area contributed by atoms with Crippen molar-refractivity contribution in [1.82, 2.24) is 0 Å². The van der Waals surface area contributed by atoms with Crippen LogP contribution in [0.15, 0.2) is 0 Å². The normalized spacial score (nSPS) is 0. The van der Waals surface area contributed by atoms with Gasteiger partial charge in [-0.3, -0.25) is 0 Å². The van der Waals surface area contributed by atoms with Crippen LogP contribution in [0, 0.1) is 0 Å². The van der Waals surface area contributed by atoms with Crippen LogP contribution < -0.4 is 0 Å². The van der Waals surface area contributed by atoms with Gasteiger partial charge in [0.15, 0.2) is 0 Å². The van der Waals surface area contributed by atoms with Crippen LogP contribution >= 0.6 is 39.6 Å². The molecule has 9 heavy (non-hydrogen) atoms. The maximum Gasteiger partial charge on any atom is 3.00 e. The molecule has 12 radical (unpaired) electrons. The topological polar surface area (TPSA) is 85.5 Å². The Morgan fingerprint density at radius 1 is 0.333 bits per heavy atom. The Morgan fingerprint density at radius 2 is 0.333 bits per heavy atom. The van der Waals surface area contributed by atoms with E-state index in [1.807, 2.05) is 0 Å². The molecule has 9 heteroatoms. The molecule has 0 N–H and O–H groups in total. The first-order chi connectivity index (χ1) is 0. The van der Waals surface area contributed by atoms with Crippen molar-refractivity contribution in [3.63, 3.8) is 0 Å². The smallest absolute Gasteiger partial charge is 2.00 e. The predicted octanol–water partition coefficient (Wildman–Crippen LogP) is 3.08. The predicted molar refractivity (Wildman–Crippen MR) is 29.7 cm³/mol. The maximum atomic E-state index is 0. The zero-order valence-corrected chi connectivity index (χ0v) is 10.5. The van der Waals surface area contributed by atoms with Gasteiger partial charge in [-0.05, 0) is 0 Å². The van der Waals surface area contributed by atoms with Gasteiger partial charge in [0, 0.05) is 39.6 Å². The molecule has 0 aromatic carbocycles. The Morgan fingerprint density at radius 3 is 0.333 bits per heavy atom. The average Bonchev–Trinajstić information content (AvgIpc) is 0. The van der Waals surface area contributed by atoms with Crippen molar-refractivity contribution in [1.29, 1.82) is 0 Å². The fourth-order valence-corrected chi connectivity index (χ4v) is 0. The van der Waals surface area contributed by atoms with Crippen LogP contribution in [0.1, 0.15) is 0 Å². The van der Waals surface area contributed by atoms with Gasteiger partial charge in [0.1, 0.15) is 0 Å². The summed E-state index contributed by atoms with van der Waals surface area (Å²) in [5.74, 6) is 0. The molecule has 0 aliphatic carbocycles. The third kappa shape index (κ3) is 105. The first kappa shape index (κ1) is 172. The Balaban J connectivity index is 0. The van der Waals surface area contributed by atoms with E-state index >= 15 is 0 Å². The van der Waals surface area contributed by atoms with Gasteiger partial charge in [-0.15, -0.1) is 0 Å². The van der Waals surface area contributed by atoms with E-state index in [0.29, 0.717) is 0 Å². The van der Waals surface area contributed by atoms with Crippen LogP contribution in [0.3, 0.4) is 0 Å². The second-order valence-electron chi connectivity index (χ2n) is 0. The van der Waals surface area contributed by atoms with E-state index in [1.165, 1.54) is 0 Å². The van der Waals surface area contributed by atoms with E-state index < -0.39 is 0 Å². The molecule has 0 unspecified atom stereocenters. The molecule has 0 atom stereocenters. The molecule has 0 fully saturated rings. The zero-order valence-electron chi connectivity index (χ0n) is 3.68. The number of hydrogen-bond acceptors (Lipinski definition) is 0. The summed E-state index contributed by atoms with van der Waals surface area (Å²) in [4.78, 5) is 0. The van der Waals surface area contributed by atoms with Crippen molar-refractivity contribution in [3.05, 3.63) is 0 Å². The van der Waals surface area contributed by atoms with Gasteiger partial charge in [0.2, 0.25) is 0 Å². The number of hydrogen-bond donors (Lipinski definition) is 0. The maximum absolute atomic E-state index is 0. The minimum atomic E-state index is 0. The van der Waals surface area contributed by atoms with Crippen molar-refractivity contribution < 1.29 is 55.4 Å². The third-order valence-electron chi connectivity index (χ3n) is 0. The molecular weight excluding hydrogens is 378 g/mol. The second kappa shape index (κ2) is 130. The summed E-state index contributed by atoms with van der Waals surface area (Å²) in [5, 5.41) is 0. The van der Waals surface area contributed by atoms with E-state index in [-0.39, 0.29) is 95.0 Å². The van der Waals surface area contributed by atoms with Crippen LogP contribution in [0.2, 0.25) is 0 Å². The van der Waals surface area contributed by atoms with Gasteiger partial charge < -0.3 is 16.4 Å². The van der Waals surface area contributed by atoms with E-state index in [2.05, 4.69) is 0 Å². The minimum Gasteiger partial charge on any atom is -2.00 e. The standard InChI is InChI=1S/3O.4P.2Rh/q3*-2;;;;;2*+3. The fourth-order valence-electron chi connectivity index (χ4n) is 0. The van der Waals surface area contributed by atoms with Crippen LogP contribution in [-0.4, -0.2) is 0 Å². The summed E-state index contributed by atoms with van der Waals surface area (Å²) in [5.41, 5.74) is 0. The van der Waals surface area contributed by atoms with E-state index in [0.717, 1.165) is 0 Å². The molecule has 3 nitrogen and oxygen atoms in total. The third-order valence-corrected chi connectivity index (χ3v) is 0. The first-order valence-corrected chi connectivity index (χ1v) is 0. The Kier molecular flexibility index (Phi) is 2480. The molecule has 0 aromatic heterocycles. The Bertz CT molecular complexity index is 13.8. The molecule has 0 aromatic rings. The van der Waals surface area contributed by atoms with E-state index in [9.17, 15) is 0 Å². The van der Waals surface area contributed by atoms with Crippen LogP contribution in [0.4, 0.5) is 0 Å².